The molecule has 4 heteroatoms. The summed E-state index contributed by atoms with van der Waals surface area (Å²) in [4.78, 5) is 0. The van der Waals surface area contributed by atoms with E-state index in [0.717, 1.165) is 45.3 Å². The standard InChI is InChI=1S/C12H24O4/c1-14-10-11(13)6-2-4-8-15-12-7-3-5-9-16-12/h11-13H,2-10H2,1H3. The van der Waals surface area contributed by atoms with Crippen LogP contribution in [-0.4, -0.2) is 44.4 Å². The zero-order chi connectivity index (χ0) is 11.6. The summed E-state index contributed by atoms with van der Waals surface area (Å²) in [6, 6.07) is 0. The Morgan fingerprint density at radius 2 is 2.25 bits per heavy atom. The Bertz CT molecular complexity index is 157. The Hall–Kier alpha value is -0.160. The number of rotatable bonds is 8. The fraction of sp³-hybridized carbons (Fsp3) is 1.00. The van der Waals surface area contributed by atoms with Crippen LogP contribution in [0.1, 0.15) is 38.5 Å². The molecule has 4 nitrogen and oxygen atoms in total. The normalized spacial score (nSPS) is 23.2. The molecule has 0 aromatic carbocycles. The van der Waals surface area contributed by atoms with Crippen molar-refractivity contribution in [2.75, 3.05) is 26.9 Å². The summed E-state index contributed by atoms with van der Waals surface area (Å²) in [6.07, 6.45) is 5.78. The van der Waals surface area contributed by atoms with Crippen molar-refractivity contribution in [2.24, 2.45) is 0 Å². The number of unbranched alkanes of at least 4 members (excludes halogenated alkanes) is 1. The lowest BCUT2D eigenvalue weighted by Gasteiger charge is -2.22. The van der Waals surface area contributed by atoms with Crippen molar-refractivity contribution in [3.63, 3.8) is 0 Å². The number of aliphatic hydroxyl groups is 1. The van der Waals surface area contributed by atoms with Crippen molar-refractivity contribution < 1.29 is 19.3 Å². The second-order valence-electron chi connectivity index (χ2n) is 4.27. The third-order valence-electron chi connectivity index (χ3n) is 2.73. The molecule has 1 aliphatic rings. The average Bonchev–Trinajstić information content (AvgIpc) is 2.30. The third-order valence-corrected chi connectivity index (χ3v) is 2.73. The summed E-state index contributed by atoms with van der Waals surface area (Å²) in [7, 11) is 1.60. The van der Waals surface area contributed by atoms with Gasteiger partial charge in [0.15, 0.2) is 6.29 Å². The molecular weight excluding hydrogens is 208 g/mol. The predicted octanol–water partition coefficient (Wildman–Crippen LogP) is 1.71. The maximum atomic E-state index is 9.41. The predicted molar refractivity (Wildman–Crippen MR) is 61.3 cm³/mol. The van der Waals surface area contributed by atoms with E-state index < -0.39 is 0 Å². The zero-order valence-electron chi connectivity index (χ0n) is 10.2. The van der Waals surface area contributed by atoms with Crippen LogP contribution in [0.15, 0.2) is 0 Å². The molecule has 0 aromatic heterocycles. The van der Waals surface area contributed by atoms with Crippen LogP contribution in [0, 0.1) is 0 Å². The smallest absolute Gasteiger partial charge is 0.157 e. The van der Waals surface area contributed by atoms with Gasteiger partial charge in [-0.15, -0.1) is 0 Å². The topological polar surface area (TPSA) is 47.9 Å². The summed E-state index contributed by atoms with van der Waals surface area (Å²) >= 11 is 0. The van der Waals surface area contributed by atoms with Crippen molar-refractivity contribution in [1.29, 1.82) is 0 Å². The minimum absolute atomic E-state index is 0.0117. The molecule has 16 heavy (non-hydrogen) atoms. The van der Waals surface area contributed by atoms with Gasteiger partial charge in [-0.3, -0.25) is 0 Å². The number of hydrogen-bond acceptors (Lipinski definition) is 4. The molecule has 0 aromatic rings. The molecule has 0 bridgehead atoms. The minimum atomic E-state index is -0.337. The van der Waals surface area contributed by atoms with Crippen LogP contribution in [0.4, 0.5) is 0 Å². The molecule has 96 valence electrons. The van der Waals surface area contributed by atoms with Gasteiger partial charge in [0.2, 0.25) is 0 Å². The molecular formula is C12H24O4. The van der Waals surface area contributed by atoms with E-state index in [1.165, 1.54) is 6.42 Å². The number of methoxy groups -OCH3 is 1. The molecule has 1 fully saturated rings. The van der Waals surface area contributed by atoms with Gasteiger partial charge in [-0.1, -0.05) is 0 Å². The molecule has 1 N–H and O–H groups in total. The van der Waals surface area contributed by atoms with Crippen molar-refractivity contribution >= 4 is 0 Å². The second kappa shape index (κ2) is 8.93. The highest BCUT2D eigenvalue weighted by Crippen LogP contribution is 2.14. The molecule has 0 aliphatic carbocycles. The van der Waals surface area contributed by atoms with Crippen LogP contribution in [0.5, 0.6) is 0 Å². The van der Waals surface area contributed by atoms with E-state index in [0.29, 0.717) is 6.61 Å². The van der Waals surface area contributed by atoms with Crippen LogP contribution >= 0.6 is 0 Å². The highest BCUT2D eigenvalue weighted by atomic mass is 16.7. The largest absolute Gasteiger partial charge is 0.391 e. The molecule has 0 radical (unpaired) electrons. The fourth-order valence-corrected chi connectivity index (χ4v) is 1.82. The van der Waals surface area contributed by atoms with Crippen molar-refractivity contribution in [3.05, 3.63) is 0 Å². The van der Waals surface area contributed by atoms with Gasteiger partial charge < -0.3 is 19.3 Å². The summed E-state index contributed by atoms with van der Waals surface area (Å²) < 4.78 is 15.9. The van der Waals surface area contributed by atoms with Crippen LogP contribution in [0.2, 0.25) is 0 Å². The van der Waals surface area contributed by atoms with Crippen molar-refractivity contribution in [2.45, 2.75) is 50.9 Å². The van der Waals surface area contributed by atoms with Gasteiger partial charge in [0, 0.05) is 20.3 Å². The molecule has 1 aliphatic heterocycles. The Labute approximate surface area is 97.9 Å². The van der Waals surface area contributed by atoms with Crippen molar-refractivity contribution in [1.82, 2.24) is 0 Å². The van der Waals surface area contributed by atoms with Crippen LogP contribution in [0.3, 0.4) is 0 Å². The number of hydrogen-bond donors (Lipinski definition) is 1. The van der Waals surface area contributed by atoms with Gasteiger partial charge in [-0.2, -0.15) is 0 Å². The molecule has 2 atom stereocenters. The van der Waals surface area contributed by atoms with E-state index in [9.17, 15) is 5.11 Å². The van der Waals surface area contributed by atoms with Gasteiger partial charge in [0.05, 0.1) is 12.7 Å². The van der Waals surface area contributed by atoms with E-state index in [4.69, 9.17) is 14.2 Å². The molecule has 0 amide bonds. The average molecular weight is 232 g/mol. The minimum Gasteiger partial charge on any atom is -0.391 e. The summed E-state index contributed by atoms with van der Waals surface area (Å²) in [5, 5.41) is 9.41. The lowest BCUT2D eigenvalue weighted by Crippen LogP contribution is -2.22. The first-order valence-corrected chi connectivity index (χ1v) is 6.23. The summed E-state index contributed by atoms with van der Waals surface area (Å²) in [5.41, 5.74) is 0. The second-order valence-corrected chi connectivity index (χ2v) is 4.27. The van der Waals surface area contributed by atoms with Gasteiger partial charge in [0.1, 0.15) is 0 Å². The Kier molecular flexibility index (Phi) is 7.76. The van der Waals surface area contributed by atoms with Gasteiger partial charge in [-0.25, -0.2) is 0 Å². The van der Waals surface area contributed by atoms with E-state index in [1.54, 1.807) is 7.11 Å². The quantitative estimate of drug-likeness (QED) is 0.647. The lowest BCUT2D eigenvalue weighted by atomic mass is 10.1. The molecule has 0 spiro atoms. The SMILES string of the molecule is COCC(O)CCCCOC1CCCCO1. The molecule has 0 saturated carbocycles. The summed E-state index contributed by atoms with van der Waals surface area (Å²) in [6.45, 7) is 1.98. The first kappa shape index (κ1) is 13.9. The van der Waals surface area contributed by atoms with E-state index in [-0.39, 0.29) is 12.4 Å². The highest BCUT2D eigenvalue weighted by Gasteiger charge is 2.13. The maximum absolute atomic E-state index is 9.41. The third kappa shape index (κ3) is 6.43. The lowest BCUT2D eigenvalue weighted by molar-refractivity contribution is -0.162. The summed E-state index contributed by atoms with van der Waals surface area (Å²) in [5.74, 6) is 0. The molecule has 2 unspecified atom stereocenters. The first-order valence-electron chi connectivity index (χ1n) is 6.23. The van der Waals surface area contributed by atoms with E-state index in [1.807, 2.05) is 0 Å². The van der Waals surface area contributed by atoms with Crippen LogP contribution in [-0.2, 0) is 14.2 Å². The Morgan fingerprint density at radius 1 is 1.38 bits per heavy atom. The monoisotopic (exact) mass is 232 g/mol. The van der Waals surface area contributed by atoms with Gasteiger partial charge in [-0.05, 0) is 38.5 Å². The zero-order valence-corrected chi connectivity index (χ0v) is 10.2. The molecule has 1 saturated heterocycles. The van der Waals surface area contributed by atoms with Gasteiger partial charge in [0.25, 0.3) is 0 Å². The highest BCUT2D eigenvalue weighted by molar-refractivity contribution is 4.56. The molecule has 1 heterocycles. The molecule has 1 rings (SSSR count). The van der Waals surface area contributed by atoms with E-state index >= 15 is 0 Å². The Morgan fingerprint density at radius 3 is 2.94 bits per heavy atom. The van der Waals surface area contributed by atoms with Crippen LogP contribution in [0.25, 0.3) is 0 Å². The number of aliphatic hydroxyl groups excluding tert-OH is 1. The van der Waals surface area contributed by atoms with E-state index in [2.05, 4.69) is 0 Å². The van der Waals surface area contributed by atoms with Crippen LogP contribution < -0.4 is 0 Å². The first-order chi connectivity index (χ1) is 7.83. The van der Waals surface area contributed by atoms with Gasteiger partial charge >= 0.3 is 0 Å². The Balaban J connectivity index is 1.87. The fourth-order valence-electron chi connectivity index (χ4n) is 1.82. The number of ether oxygens (including phenoxy) is 3. The maximum Gasteiger partial charge on any atom is 0.157 e. The van der Waals surface area contributed by atoms with Crippen molar-refractivity contribution in [3.8, 4) is 0 Å².